The molecule has 0 heterocycles. The van der Waals surface area contributed by atoms with E-state index in [4.69, 9.17) is 10.8 Å². The highest BCUT2D eigenvalue weighted by molar-refractivity contribution is 5.95. The fourth-order valence-corrected chi connectivity index (χ4v) is 1.93. The molecule has 106 valence electrons. The van der Waals surface area contributed by atoms with Crippen molar-refractivity contribution in [1.82, 2.24) is 4.90 Å². The van der Waals surface area contributed by atoms with Crippen LogP contribution in [0, 0.1) is 6.92 Å². The molecule has 0 spiro atoms. The normalized spacial score (nSPS) is 10.8. The van der Waals surface area contributed by atoms with E-state index >= 15 is 0 Å². The van der Waals surface area contributed by atoms with Gasteiger partial charge < -0.3 is 20.6 Å². The molecule has 0 amide bonds. The van der Waals surface area contributed by atoms with Crippen LogP contribution in [0.15, 0.2) is 12.1 Å². The fraction of sp³-hybridized carbons (Fsp3) is 0.500. The van der Waals surface area contributed by atoms with Crippen LogP contribution in [-0.2, 0) is 0 Å². The zero-order chi connectivity index (χ0) is 14.6. The Morgan fingerprint density at radius 3 is 2.42 bits per heavy atom. The highest BCUT2D eigenvalue weighted by Gasteiger charge is 2.13. The smallest absolute Gasteiger partial charge is 0.337 e. The lowest BCUT2D eigenvalue weighted by atomic mass is 10.1. The third-order valence-electron chi connectivity index (χ3n) is 3.14. The lowest BCUT2D eigenvalue weighted by Gasteiger charge is -2.22. The van der Waals surface area contributed by atoms with E-state index in [1.807, 2.05) is 34.1 Å². The Morgan fingerprint density at radius 2 is 1.89 bits per heavy atom. The number of hydrogen-bond donors (Lipinski definition) is 2. The van der Waals surface area contributed by atoms with Crippen molar-refractivity contribution in [2.24, 2.45) is 0 Å². The predicted molar refractivity (Wildman–Crippen MR) is 79.0 cm³/mol. The monoisotopic (exact) mass is 265 g/mol. The van der Waals surface area contributed by atoms with Crippen molar-refractivity contribution in [3.8, 4) is 0 Å². The number of rotatable bonds is 6. The number of benzene rings is 1. The molecule has 0 fully saturated rings. The second kappa shape index (κ2) is 6.43. The van der Waals surface area contributed by atoms with Crippen LogP contribution >= 0.6 is 0 Å². The van der Waals surface area contributed by atoms with Gasteiger partial charge in [-0.05, 0) is 51.7 Å². The van der Waals surface area contributed by atoms with E-state index in [-0.39, 0.29) is 5.56 Å². The lowest BCUT2D eigenvalue weighted by molar-refractivity contribution is 0.0698. The number of nitrogens with zero attached hydrogens (tertiary/aromatic N) is 2. The summed E-state index contributed by atoms with van der Waals surface area (Å²) in [6.07, 6.45) is 1.02. The number of anilines is 2. The maximum atomic E-state index is 11.1. The topological polar surface area (TPSA) is 69.8 Å². The molecular formula is C14H23N3O2. The molecule has 0 radical (unpaired) electrons. The highest BCUT2D eigenvalue weighted by Crippen LogP contribution is 2.25. The zero-order valence-electron chi connectivity index (χ0n) is 12.1. The molecule has 0 unspecified atom stereocenters. The van der Waals surface area contributed by atoms with E-state index in [2.05, 4.69) is 9.80 Å². The summed E-state index contributed by atoms with van der Waals surface area (Å²) in [6.45, 7) is 3.71. The van der Waals surface area contributed by atoms with Crippen molar-refractivity contribution < 1.29 is 9.90 Å². The molecule has 1 aromatic rings. The van der Waals surface area contributed by atoms with E-state index in [1.165, 1.54) is 0 Å². The van der Waals surface area contributed by atoms with E-state index in [9.17, 15) is 4.79 Å². The Kier molecular flexibility index (Phi) is 5.18. The first kappa shape index (κ1) is 15.3. The minimum Gasteiger partial charge on any atom is -0.478 e. The summed E-state index contributed by atoms with van der Waals surface area (Å²) in [7, 11) is 6.04. The molecule has 5 nitrogen and oxygen atoms in total. The second-order valence-electron chi connectivity index (χ2n) is 5.11. The first-order valence-corrected chi connectivity index (χ1v) is 6.32. The lowest BCUT2D eigenvalue weighted by Crippen LogP contribution is -2.23. The van der Waals surface area contributed by atoms with Crippen LogP contribution < -0.4 is 10.6 Å². The number of carboxylic acid groups (broad SMARTS) is 1. The largest absolute Gasteiger partial charge is 0.478 e. The number of nitrogens with two attached hydrogens (primary N) is 1. The SMILES string of the molecule is Cc1cc(N(C)CCCN(C)C)cc(C(=O)O)c1N. The summed E-state index contributed by atoms with van der Waals surface area (Å²) < 4.78 is 0. The van der Waals surface area contributed by atoms with Crippen LogP contribution in [0.4, 0.5) is 11.4 Å². The number of nitrogen functional groups attached to an aromatic ring is 1. The molecule has 0 aliphatic heterocycles. The minimum atomic E-state index is -0.982. The number of carbonyl (C=O) groups is 1. The maximum absolute atomic E-state index is 11.1. The van der Waals surface area contributed by atoms with Gasteiger partial charge in [0.25, 0.3) is 0 Å². The molecule has 0 aromatic heterocycles. The Labute approximate surface area is 114 Å². The van der Waals surface area contributed by atoms with Gasteiger partial charge in [0, 0.05) is 25.0 Å². The fourth-order valence-electron chi connectivity index (χ4n) is 1.93. The first-order chi connectivity index (χ1) is 8.82. The molecule has 5 heteroatoms. The molecule has 0 bridgehead atoms. The standard InChI is InChI=1S/C14H23N3O2/c1-10-8-11(9-12(13(10)15)14(18)19)17(4)7-5-6-16(2)3/h8-9H,5-7,15H2,1-4H3,(H,18,19). The van der Waals surface area contributed by atoms with Crippen LogP contribution in [0.25, 0.3) is 0 Å². The van der Waals surface area contributed by atoms with Gasteiger partial charge in [-0.25, -0.2) is 4.79 Å². The maximum Gasteiger partial charge on any atom is 0.337 e. The summed E-state index contributed by atoms with van der Waals surface area (Å²) in [5, 5.41) is 9.14. The van der Waals surface area contributed by atoms with Gasteiger partial charge >= 0.3 is 5.97 Å². The van der Waals surface area contributed by atoms with Gasteiger partial charge in [-0.15, -0.1) is 0 Å². The molecule has 19 heavy (non-hydrogen) atoms. The minimum absolute atomic E-state index is 0.175. The molecular weight excluding hydrogens is 242 g/mol. The van der Waals surface area contributed by atoms with Crippen molar-refractivity contribution in [2.75, 3.05) is 44.9 Å². The van der Waals surface area contributed by atoms with Gasteiger partial charge in [0.15, 0.2) is 0 Å². The quantitative estimate of drug-likeness (QED) is 0.766. The Balaban J connectivity index is 2.85. The number of aryl methyl sites for hydroxylation is 1. The van der Waals surface area contributed by atoms with E-state index < -0.39 is 5.97 Å². The second-order valence-corrected chi connectivity index (χ2v) is 5.11. The summed E-state index contributed by atoms with van der Waals surface area (Å²) in [4.78, 5) is 15.3. The van der Waals surface area contributed by atoms with Crippen molar-refractivity contribution in [3.05, 3.63) is 23.3 Å². The molecule has 0 aliphatic rings. The summed E-state index contributed by atoms with van der Waals surface area (Å²) in [6, 6.07) is 3.57. The predicted octanol–water partition coefficient (Wildman–Crippen LogP) is 1.66. The average molecular weight is 265 g/mol. The van der Waals surface area contributed by atoms with Crippen molar-refractivity contribution in [3.63, 3.8) is 0 Å². The molecule has 1 aromatic carbocycles. The molecule has 0 atom stereocenters. The third-order valence-corrected chi connectivity index (χ3v) is 3.14. The van der Waals surface area contributed by atoms with Crippen LogP contribution in [0.2, 0.25) is 0 Å². The van der Waals surface area contributed by atoms with E-state index in [0.29, 0.717) is 5.69 Å². The Hall–Kier alpha value is -1.75. The molecule has 1 rings (SSSR count). The molecule has 0 aliphatic carbocycles. The van der Waals surface area contributed by atoms with Gasteiger partial charge in [0.05, 0.1) is 5.56 Å². The van der Waals surface area contributed by atoms with Gasteiger partial charge in [-0.2, -0.15) is 0 Å². The van der Waals surface area contributed by atoms with Crippen molar-refractivity contribution >= 4 is 17.3 Å². The number of hydrogen-bond acceptors (Lipinski definition) is 4. The summed E-state index contributed by atoms with van der Waals surface area (Å²) >= 11 is 0. The van der Waals surface area contributed by atoms with E-state index in [0.717, 1.165) is 30.8 Å². The summed E-state index contributed by atoms with van der Waals surface area (Å²) in [5.74, 6) is -0.982. The zero-order valence-corrected chi connectivity index (χ0v) is 12.1. The van der Waals surface area contributed by atoms with Gasteiger partial charge in [0.2, 0.25) is 0 Å². The van der Waals surface area contributed by atoms with Crippen LogP contribution in [0.1, 0.15) is 22.3 Å². The molecule has 0 saturated heterocycles. The average Bonchev–Trinajstić information content (AvgIpc) is 2.31. The van der Waals surface area contributed by atoms with Crippen LogP contribution in [-0.4, -0.2) is 50.2 Å². The van der Waals surface area contributed by atoms with Crippen LogP contribution in [0.5, 0.6) is 0 Å². The number of aromatic carboxylic acids is 1. The number of carboxylic acids is 1. The van der Waals surface area contributed by atoms with Gasteiger partial charge in [0.1, 0.15) is 0 Å². The molecule has 0 saturated carbocycles. The van der Waals surface area contributed by atoms with Gasteiger partial charge in [-0.1, -0.05) is 0 Å². The third kappa shape index (κ3) is 4.13. The Bertz CT molecular complexity index is 458. The highest BCUT2D eigenvalue weighted by atomic mass is 16.4. The van der Waals surface area contributed by atoms with E-state index in [1.54, 1.807) is 6.07 Å². The van der Waals surface area contributed by atoms with Crippen molar-refractivity contribution in [1.29, 1.82) is 0 Å². The van der Waals surface area contributed by atoms with Crippen LogP contribution in [0.3, 0.4) is 0 Å². The summed E-state index contributed by atoms with van der Waals surface area (Å²) in [5.41, 5.74) is 8.00. The van der Waals surface area contributed by atoms with Crippen molar-refractivity contribution in [2.45, 2.75) is 13.3 Å². The van der Waals surface area contributed by atoms with Gasteiger partial charge in [-0.3, -0.25) is 0 Å². The molecule has 3 N–H and O–H groups in total. The Morgan fingerprint density at radius 1 is 1.26 bits per heavy atom. The first-order valence-electron chi connectivity index (χ1n) is 6.32.